The lowest BCUT2D eigenvalue weighted by Crippen LogP contribution is -2.43. The summed E-state index contributed by atoms with van der Waals surface area (Å²) in [5.74, 6) is 0.681. The molecule has 0 saturated carbocycles. The van der Waals surface area contributed by atoms with Gasteiger partial charge < -0.3 is 28.0 Å². The third-order valence-electron chi connectivity index (χ3n) is 4.83. The van der Waals surface area contributed by atoms with Gasteiger partial charge in [-0.3, -0.25) is 0 Å². The van der Waals surface area contributed by atoms with E-state index in [0.717, 1.165) is 0 Å². The predicted octanol–water partition coefficient (Wildman–Crippen LogP) is 3.13. The zero-order chi connectivity index (χ0) is 23.5. The topological polar surface area (TPSA) is 124 Å². The number of hydrogen-bond donors (Lipinski definition) is 0. The van der Waals surface area contributed by atoms with E-state index in [2.05, 4.69) is 10.1 Å². The highest BCUT2D eigenvalue weighted by Crippen LogP contribution is 2.27. The smallest absolute Gasteiger partial charge is 0.410 e. The van der Waals surface area contributed by atoms with Crippen LogP contribution in [0.25, 0.3) is 11.4 Å². The van der Waals surface area contributed by atoms with E-state index < -0.39 is 28.0 Å². The summed E-state index contributed by atoms with van der Waals surface area (Å²) in [6, 6.07) is 5.08. The summed E-state index contributed by atoms with van der Waals surface area (Å²) < 4.78 is 40.5. The highest BCUT2D eigenvalue weighted by molar-refractivity contribution is 7.93. The van der Waals surface area contributed by atoms with E-state index in [4.69, 9.17) is 14.0 Å². The number of ether oxygens (including phenoxy) is 2. The summed E-state index contributed by atoms with van der Waals surface area (Å²) in [6.45, 7) is 6.84. The lowest BCUT2D eigenvalue weighted by molar-refractivity contribution is -0.0231. The zero-order valence-electron chi connectivity index (χ0n) is 19.0. The van der Waals surface area contributed by atoms with Crippen molar-refractivity contribution >= 4 is 28.4 Å². The lowest BCUT2D eigenvalue weighted by atomic mass is 10.1. The van der Waals surface area contributed by atoms with Crippen LogP contribution in [-0.2, 0) is 38.4 Å². The average molecular weight is 484 g/mol. The van der Waals surface area contributed by atoms with Crippen LogP contribution in [0.4, 0.5) is 4.79 Å². The number of rotatable bonds is 6. The van der Waals surface area contributed by atoms with E-state index in [1.165, 1.54) is 0 Å². The van der Waals surface area contributed by atoms with Gasteiger partial charge in [0.25, 0.3) is 5.89 Å². The van der Waals surface area contributed by atoms with Crippen molar-refractivity contribution in [3.05, 3.63) is 24.1 Å². The molecule has 1 amide bonds. The number of piperidine rings is 1. The van der Waals surface area contributed by atoms with Crippen LogP contribution in [0.3, 0.4) is 0 Å². The monoisotopic (exact) mass is 483 g/mol. The molecular weight excluding hydrogens is 454 g/mol. The van der Waals surface area contributed by atoms with Crippen molar-refractivity contribution in [3.8, 4) is 11.4 Å². The Hall–Kier alpha value is -1.79. The van der Waals surface area contributed by atoms with Crippen molar-refractivity contribution in [2.75, 3.05) is 25.6 Å². The third kappa shape index (κ3) is 6.61. The van der Waals surface area contributed by atoms with E-state index >= 15 is 0 Å². The fourth-order valence-electron chi connectivity index (χ4n) is 3.26. The summed E-state index contributed by atoms with van der Waals surface area (Å²) in [4.78, 5) is 19.2. The van der Waals surface area contributed by atoms with Crippen molar-refractivity contribution < 1.29 is 27.9 Å². The average Bonchev–Trinajstić information content (AvgIpc) is 3.20. The molecule has 11 heteroatoms. The van der Waals surface area contributed by atoms with Gasteiger partial charge in [-0.25, -0.2) is 4.79 Å². The molecule has 1 aromatic heterocycles. The summed E-state index contributed by atoms with van der Waals surface area (Å²) >= 11 is -2.55. The van der Waals surface area contributed by atoms with Crippen LogP contribution in [0.15, 0.2) is 32.5 Å². The van der Waals surface area contributed by atoms with Gasteiger partial charge in [-0.1, -0.05) is 5.16 Å². The number of hydrogen-bond acceptors (Lipinski definition) is 8. The first-order valence-corrected chi connectivity index (χ1v) is 13.4. The van der Waals surface area contributed by atoms with Gasteiger partial charge in [-0.2, -0.15) is 4.98 Å². The number of carbonyl (C=O) groups excluding carboxylic acids is 1. The van der Waals surface area contributed by atoms with Gasteiger partial charge in [0.15, 0.2) is 0 Å². The van der Waals surface area contributed by atoms with Crippen LogP contribution in [0.1, 0.15) is 39.5 Å². The second-order valence-electron chi connectivity index (χ2n) is 8.56. The first-order chi connectivity index (χ1) is 15.0. The number of amides is 1. The van der Waals surface area contributed by atoms with Crippen LogP contribution in [0.5, 0.6) is 0 Å². The molecule has 1 aliphatic rings. The summed E-state index contributed by atoms with van der Waals surface area (Å²) in [7, 11) is 0. The molecule has 3 rings (SSSR count). The molecule has 32 heavy (non-hydrogen) atoms. The molecule has 2 heterocycles. The van der Waals surface area contributed by atoms with E-state index in [9.17, 15) is 13.9 Å². The molecule has 2 aromatic rings. The van der Waals surface area contributed by atoms with Gasteiger partial charge in [0.05, 0.1) is 6.10 Å². The number of nitrogens with zero attached hydrogens (tertiary/aromatic N) is 3. The second-order valence-corrected chi connectivity index (χ2v) is 11.3. The van der Waals surface area contributed by atoms with E-state index in [0.29, 0.717) is 53.0 Å². The predicted molar refractivity (Wildman–Crippen MR) is 120 cm³/mol. The molecule has 0 bridgehead atoms. The zero-order valence-corrected chi connectivity index (χ0v) is 20.6. The molecule has 9 nitrogen and oxygen atoms in total. The first kappa shape index (κ1) is 24.8. The Balaban J connectivity index is 1.55. The van der Waals surface area contributed by atoms with E-state index in [1.807, 2.05) is 20.8 Å². The maximum Gasteiger partial charge on any atom is 0.410 e. The minimum absolute atomic E-state index is 0.0167. The fraction of sp³-hybridized carbons (Fsp3) is 0.571. The van der Waals surface area contributed by atoms with Crippen LogP contribution in [-0.4, -0.2) is 67.5 Å². The fourth-order valence-corrected chi connectivity index (χ4v) is 5.21. The number of benzene rings is 1. The van der Waals surface area contributed by atoms with Crippen LogP contribution < -0.4 is 0 Å². The Bertz CT molecular complexity index is 920. The minimum atomic E-state index is -1.30. The van der Waals surface area contributed by atoms with E-state index in [-0.39, 0.29) is 18.8 Å². The molecular formula is C21H29N3O6S2. The number of carbonyl (C=O) groups is 1. The van der Waals surface area contributed by atoms with Gasteiger partial charge in [0.1, 0.15) is 24.7 Å². The molecule has 2 unspecified atom stereocenters. The van der Waals surface area contributed by atoms with Gasteiger partial charge >= 0.3 is 6.09 Å². The summed E-state index contributed by atoms with van der Waals surface area (Å²) in [5, 5.41) is 3.98. The Labute approximate surface area is 194 Å². The molecule has 0 N–H and O–H groups in total. The Morgan fingerprint density at radius 3 is 2.44 bits per heavy atom. The minimum Gasteiger partial charge on any atom is -0.612 e. The van der Waals surface area contributed by atoms with E-state index in [1.54, 1.807) is 35.6 Å². The highest BCUT2D eigenvalue weighted by atomic mass is 32.2. The largest absolute Gasteiger partial charge is 0.612 e. The number of likely N-dealkylation sites (tertiary alicyclic amines) is 1. The lowest BCUT2D eigenvalue weighted by Gasteiger charge is -2.33. The normalized spacial score (nSPS) is 17.3. The Morgan fingerprint density at radius 2 is 1.84 bits per heavy atom. The van der Waals surface area contributed by atoms with Gasteiger partial charge in [0.2, 0.25) is 15.6 Å². The molecule has 0 aliphatic carbocycles. The molecule has 1 aliphatic heterocycles. The van der Waals surface area contributed by atoms with Gasteiger partial charge in [-0.05, 0) is 68.1 Å². The Morgan fingerprint density at radius 1 is 1.19 bits per heavy atom. The molecule has 1 saturated heterocycles. The van der Waals surface area contributed by atoms with Crippen molar-refractivity contribution in [1.29, 1.82) is 0 Å². The first-order valence-electron chi connectivity index (χ1n) is 10.3. The standard InChI is InChI=1S/C21H29N3O6S2/c1-21(2,3)29-20(25)24-10-8-15(9-11-24)28-13-18-22-19(23-30-18)14-6-7-16(31(4)26)17(12-14)32(5)27/h6-7,12,15H,8-11,13H2,1-5H3. The van der Waals surface area contributed by atoms with Crippen molar-refractivity contribution in [2.24, 2.45) is 0 Å². The van der Waals surface area contributed by atoms with Crippen LogP contribution in [0, 0.1) is 0 Å². The molecule has 0 radical (unpaired) electrons. The van der Waals surface area contributed by atoms with Gasteiger partial charge in [0, 0.05) is 24.7 Å². The Kier molecular flexibility index (Phi) is 8.10. The van der Waals surface area contributed by atoms with Gasteiger partial charge in [-0.15, -0.1) is 0 Å². The maximum absolute atomic E-state index is 12.2. The molecule has 2 atom stereocenters. The quantitative estimate of drug-likeness (QED) is 0.574. The molecule has 176 valence electrons. The highest BCUT2D eigenvalue weighted by Gasteiger charge is 2.28. The second kappa shape index (κ2) is 10.4. The third-order valence-corrected chi connectivity index (χ3v) is 6.89. The maximum atomic E-state index is 12.2. The van der Waals surface area contributed by atoms with Crippen LogP contribution in [0.2, 0.25) is 0 Å². The molecule has 0 spiro atoms. The van der Waals surface area contributed by atoms with Crippen molar-refractivity contribution in [2.45, 2.75) is 61.7 Å². The summed E-state index contributed by atoms with van der Waals surface area (Å²) in [5.41, 5.74) is 0.117. The molecule has 1 fully saturated rings. The van der Waals surface area contributed by atoms with Crippen molar-refractivity contribution in [1.82, 2.24) is 15.0 Å². The van der Waals surface area contributed by atoms with Crippen LogP contribution >= 0.6 is 0 Å². The SMILES string of the molecule is C[S+]([O-])c1ccc(-c2noc(COC3CCN(C(=O)OC(C)(C)C)CC3)n2)cc1[S+](C)[O-]. The number of aromatic nitrogens is 2. The van der Waals surface area contributed by atoms with Crippen molar-refractivity contribution in [3.63, 3.8) is 0 Å². The molecule has 1 aromatic carbocycles. The summed E-state index contributed by atoms with van der Waals surface area (Å²) in [6.07, 6.45) is 4.16.